The molecule has 1 N–H and O–H groups in total. The van der Waals surface area contributed by atoms with Crippen LogP contribution in [0.2, 0.25) is 0 Å². The lowest BCUT2D eigenvalue weighted by molar-refractivity contribution is -0.121. The average Bonchev–Trinajstić information content (AvgIpc) is 3.64. The molecule has 0 spiro atoms. The SMILES string of the molecule is Cc1cccc(CN(C(=O)C2CC2)c2ccc(CC(=O)NCCc3ccccc3)cc2)c1. The molecule has 1 aliphatic carbocycles. The molecule has 4 heteroatoms. The number of carbonyl (C=O) groups is 2. The monoisotopic (exact) mass is 426 g/mol. The largest absolute Gasteiger partial charge is 0.355 e. The van der Waals surface area contributed by atoms with Gasteiger partial charge < -0.3 is 10.2 Å². The molecule has 3 aromatic carbocycles. The smallest absolute Gasteiger partial charge is 0.230 e. The van der Waals surface area contributed by atoms with Gasteiger partial charge in [0.2, 0.25) is 11.8 Å². The quantitative estimate of drug-likeness (QED) is 0.532. The lowest BCUT2D eigenvalue weighted by Crippen LogP contribution is -2.31. The van der Waals surface area contributed by atoms with Crippen LogP contribution in [-0.2, 0) is 29.0 Å². The highest BCUT2D eigenvalue weighted by Gasteiger charge is 2.34. The summed E-state index contributed by atoms with van der Waals surface area (Å²) in [6.07, 6.45) is 3.11. The second-order valence-corrected chi connectivity index (χ2v) is 8.62. The first-order valence-electron chi connectivity index (χ1n) is 11.3. The summed E-state index contributed by atoms with van der Waals surface area (Å²) < 4.78 is 0. The average molecular weight is 427 g/mol. The maximum Gasteiger partial charge on any atom is 0.230 e. The van der Waals surface area contributed by atoms with Crippen LogP contribution in [0, 0.1) is 12.8 Å². The Morgan fingerprint density at radius 1 is 0.875 bits per heavy atom. The Kier molecular flexibility index (Phi) is 7.00. The highest BCUT2D eigenvalue weighted by atomic mass is 16.2. The van der Waals surface area contributed by atoms with Gasteiger partial charge in [-0.2, -0.15) is 0 Å². The van der Waals surface area contributed by atoms with Gasteiger partial charge in [-0.1, -0.05) is 72.3 Å². The van der Waals surface area contributed by atoms with E-state index in [1.165, 1.54) is 11.1 Å². The van der Waals surface area contributed by atoms with Crippen molar-refractivity contribution >= 4 is 17.5 Å². The first-order valence-corrected chi connectivity index (χ1v) is 11.3. The van der Waals surface area contributed by atoms with Crippen LogP contribution in [0.25, 0.3) is 0 Å². The van der Waals surface area contributed by atoms with E-state index in [4.69, 9.17) is 0 Å². The predicted octanol–water partition coefficient (Wildman–Crippen LogP) is 4.84. The molecule has 0 heterocycles. The summed E-state index contributed by atoms with van der Waals surface area (Å²) in [7, 11) is 0. The highest BCUT2D eigenvalue weighted by Crippen LogP contribution is 2.33. The Morgan fingerprint density at radius 3 is 2.28 bits per heavy atom. The molecular formula is C28H30N2O2. The molecule has 0 radical (unpaired) electrons. The lowest BCUT2D eigenvalue weighted by Gasteiger charge is -2.23. The van der Waals surface area contributed by atoms with Crippen molar-refractivity contribution < 1.29 is 9.59 Å². The summed E-state index contributed by atoms with van der Waals surface area (Å²) in [5.41, 5.74) is 5.36. The zero-order chi connectivity index (χ0) is 22.3. The van der Waals surface area contributed by atoms with Gasteiger partial charge in [0.1, 0.15) is 0 Å². The van der Waals surface area contributed by atoms with Crippen LogP contribution in [0.1, 0.15) is 35.1 Å². The Labute approximate surface area is 190 Å². The van der Waals surface area contributed by atoms with E-state index in [1.807, 2.05) is 53.4 Å². The van der Waals surface area contributed by atoms with E-state index in [9.17, 15) is 9.59 Å². The zero-order valence-corrected chi connectivity index (χ0v) is 18.6. The number of nitrogens with zero attached hydrogens (tertiary/aromatic N) is 1. The fourth-order valence-corrected chi connectivity index (χ4v) is 3.87. The van der Waals surface area contributed by atoms with Crippen molar-refractivity contribution in [2.45, 2.75) is 39.2 Å². The van der Waals surface area contributed by atoms with E-state index in [-0.39, 0.29) is 17.7 Å². The van der Waals surface area contributed by atoms with Crippen molar-refractivity contribution in [3.63, 3.8) is 0 Å². The van der Waals surface area contributed by atoms with Gasteiger partial charge in [0.15, 0.2) is 0 Å². The van der Waals surface area contributed by atoms with Gasteiger partial charge in [0.25, 0.3) is 0 Å². The van der Waals surface area contributed by atoms with Gasteiger partial charge in [-0.25, -0.2) is 0 Å². The van der Waals surface area contributed by atoms with Gasteiger partial charge in [0, 0.05) is 18.2 Å². The van der Waals surface area contributed by atoms with Gasteiger partial charge in [-0.05, 0) is 55.0 Å². The Bertz CT molecular complexity index is 1060. The van der Waals surface area contributed by atoms with E-state index in [2.05, 4.69) is 42.6 Å². The van der Waals surface area contributed by atoms with Crippen LogP contribution in [-0.4, -0.2) is 18.4 Å². The van der Waals surface area contributed by atoms with Crippen LogP contribution in [0.5, 0.6) is 0 Å². The van der Waals surface area contributed by atoms with Gasteiger partial charge in [0.05, 0.1) is 13.0 Å². The molecule has 3 aromatic rings. The molecule has 0 aliphatic heterocycles. The number of amides is 2. The molecule has 0 bridgehead atoms. The molecule has 0 saturated heterocycles. The number of aryl methyl sites for hydroxylation is 1. The molecule has 1 aliphatic rings. The molecule has 1 saturated carbocycles. The number of benzene rings is 3. The number of hydrogen-bond donors (Lipinski definition) is 1. The second-order valence-electron chi connectivity index (χ2n) is 8.62. The number of nitrogens with one attached hydrogen (secondary N) is 1. The maximum atomic E-state index is 13.0. The Balaban J connectivity index is 1.36. The first kappa shape index (κ1) is 21.8. The van der Waals surface area contributed by atoms with Gasteiger partial charge in [-0.3, -0.25) is 9.59 Å². The third-order valence-corrected chi connectivity index (χ3v) is 5.81. The number of hydrogen-bond acceptors (Lipinski definition) is 2. The molecule has 4 nitrogen and oxygen atoms in total. The highest BCUT2D eigenvalue weighted by molar-refractivity contribution is 5.96. The van der Waals surface area contributed by atoms with E-state index >= 15 is 0 Å². The molecule has 1 fully saturated rings. The molecule has 0 aromatic heterocycles. The molecule has 4 rings (SSSR count). The molecular weight excluding hydrogens is 396 g/mol. The van der Waals surface area contributed by atoms with Crippen LogP contribution >= 0.6 is 0 Å². The van der Waals surface area contributed by atoms with E-state index in [0.29, 0.717) is 19.5 Å². The van der Waals surface area contributed by atoms with Crippen molar-refractivity contribution in [2.75, 3.05) is 11.4 Å². The minimum atomic E-state index is 0.0133. The predicted molar refractivity (Wildman–Crippen MR) is 128 cm³/mol. The van der Waals surface area contributed by atoms with E-state index < -0.39 is 0 Å². The standard InChI is InChI=1S/C28H30N2O2/c1-21-6-5-9-24(18-21)20-30(28(32)25-12-13-25)26-14-10-23(11-15-26)19-27(31)29-17-16-22-7-3-2-4-8-22/h2-11,14-15,18,25H,12-13,16-17,19-20H2,1H3,(H,29,31). The van der Waals surface area contributed by atoms with E-state index in [1.54, 1.807) is 0 Å². The van der Waals surface area contributed by atoms with Crippen molar-refractivity contribution in [3.8, 4) is 0 Å². The Morgan fingerprint density at radius 2 is 1.59 bits per heavy atom. The summed E-state index contributed by atoms with van der Waals surface area (Å²) in [5, 5.41) is 2.99. The molecule has 32 heavy (non-hydrogen) atoms. The summed E-state index contributed by atoms with van der Waals surface area (Å²) in [4.78, 5) is 27.2. The third-order valence-electron chi connectivity index (χ3n) is 5.81. The van der Waals surface area contributed by atoms with Gasteiger partial charge in [-0.15, -0.1) is 0 Å². The first-order chi connectivity index (χ1) is 15.6. The van der Waals surface area contributed by atoms with Crippen molar-refractivity contribution in [3.05, 3.63) is 101 Å². The summed E-state index contributed by atoms with van der Waals surface area (Å²) >= 11 is 0. The molecule has 2 amide bonds. The maximum absolute atomic E-state index is 13.0. The summed E-state index contributed by atoms with van der Waals surface area (Å²) in [5.74, 6) is 0.354. The van der Waals surface area contributed by atoms with Crippen LogP contribution in [0.4, 0.5) is 5.69 Å². The van der Waals surface area contributed by atoms with E-state index in [0.717, 1.165) is 36.1 Å². The summed E-state index contributed by atoms with van der Waals surface area (Å²) in [6.45, 7) is 3.26. The second kappa shape index (κ2) is 10.3. The summed E-state index contributed by atoms with van der Waals surface area (Å²) in [6, 6.07) is 26.3. The fraction of sp³-hybridized carbons (Fsp3) is 0.286. The topological polar surface area (TPSA) is 49.4 Å². The van der Waals surface area contributed by atoms with Crippen LogP contribution in [0.15, 0.2) is 78.9 Å². The zero-order valence-electron chi connectivity index (χ0n) is 18.6. The van der Waals surface area contributed by atoms with Crippen LogP contribution < -0.4 is 10.2 Å². The minimum Gasteiger partial charge on any atom is -0.355 e. The number of rotatable bonds is 9. The number of carbonyl (C=O) groups excluding carboxylic acids is 2. The van der Waals surface area contributed by atoms with Gasteiger partial charge >= 0.3 is 0 Å². The lowest BCUT2D eigenvalue weighted by atomic mass is 10.1. The Hall–Kier alpha value is -3.40. The van der Waals surface area contributed by atoms with Crippen LogP contribution in [0.3, 0.4) is 0 Å². The van der Waals surface area contributed by atoms with Crippen molar-refractivity contribution in [1.82, 2.24) is 5.32 Å². The normalized spacial score (nSPS) is 12.9. The molecule has 0 atom stereocenters. The van der Waals surface area contributed by atoms with Crippen molar-refractivity contribution in [1.29, 1.82) is 0 Å². The number of anilines is 1. The fourth-order valence-electron chi connectivity index (χ4n) is 3.87. The van der Waals surface area contributed by atoms with Crippen molar-refractivity contribution in [2.24, 2.45) is 5.92 Å². The third kappa shape index (κ3) is 6.07. The molecule has 164 valence electrons. The minimum absolute atomic E-state index is 0.0133. The molecule has 0 unspecified atom stereocenters.